The molecule has 0 saturated heterocycles. The Hall–Kier alpha value is -1.96. The van der Waals surface area contributed by atoms with Gasteiger partial charge in [-0.2, -0.15) is 5.10 Å². The predicted molar refractivity (Wildman–Crippen MR) is 88.6 cm³/mol. The lowest BCUT2D eigenvalue weighted by atomic mass is 10.3. The molecule has 21 heavy (non-hydrogen) atoms. The lowest BCUT2D eigenvalue weighted by molar-refractivity contribution is 1.02. The van der Waals surface area contributed by atoms with Crippen LogP contribution in [0.5, 0.6) is 0 Å². The Morgan fingerprint density at radius 2 is 1.86 bits per heavy atom. The van der Waals surface area contributed by atoms with E-state index in [1.54, 1.807) is 24.3 Å². The van der Waals surface area contributed by atoms with Crippen molar-refractivity contribution in [3.05, 3.63) is 52.5 Å². The van der Waals surface area contributed by atoms with Crippen molar-refractivity contribution in [1.82, 2.24) is 15.4 Å². The van der Waals surface area contributed by atoms with Crippen molar-refractivity contribution >= 4 is 52.1 Å². The zero-order valence-electron chi connectivity index (χ0n) is 10.5. The average molecular weight is 341 g/mol. The number of nitrogens with one attached hydrogen (secondary N) is 2. The summed E-state index contributed by atoms with van der Waals surface area (Å²) in [6.45, 7) is 0. The second-order valence-electron chi connectivity index (χ2n) is 3.79. The van der Waals surface area contributed by atoms with Gasteiger partial charge in [0.25, 0.3) is 0 Å². The minimum Gasteiger partial charge on any atom is -0.380 e. The van der Waals surface area contributed by atoms with E-state index in [1.165, 1.54) is 12.4 Å². The molecule has 0 atom stereocenters. The number of benzene rings is 1. The summed E-state index contributed by atoms with van der Waals surface area (Å²) in [6.07, 6.45) is 2.79. The molecule has 6 nitrogen and oxygen atoms in total. The maximum absolute atomic E-state index is 5.79. The molecule has 9 heteroatoms. The second-order valence-corrected chi connectivity index (χ2v) is 5.03. The number of amidine groups is 1. The van der Waals surface area contributed by atoms with Gasteiger partial charge in [-0.25, -0.2) is 9.97 Å². The van der Waals surface area contributed by atoms with Crippen molar-refractivity contribution in [1.29, 1.82) is 0 Å². The minimum absolute atomic E-state index is 0.138. The van der Waals surface area contributed by atoms with E-state index in [9.17, 15) is 0 Å². The van der Waals surface area contributed by atoms with E-state index in [1.807, 2.05) is 0 Å². The molecular weight excluding hydrogens is 331 g/mol. The summed E-state index contributed by atoms with van der Waals surface area (Å²) in [4.78, 5) is 7.84. The molecule has 0 radical (unpaired) electrons. The highest BCUT2D eigenvalue weighted by atomic mass is 35.5. The molecule has 0 aliphatic carbocycles. The number of nitrogens with two attached hydrogens (primary N) is 1. The van der Waals surface area contributed by atoms with Crippen LogP contribution in [0, 0.1) is 0 Å². The third-order valence-electron chi connectivity index (χ3n) is 2.26. The van der Waals surface area contributed by atoms with Gasteiger partial charge in [0, 0.05) is 10.7 Å². The highest BCUT2D eigenvalue weighted by molar-refractivity contribution is 7.80. The smallest absolute Gasteiger partial charge is 0.191 e. The van der Waals surface area contributed by atoms with Crippen LogP contribution in [-0.4, -0.2) is 20.9 Å². The van der Waals surface area contributed by atoms with Gasteiger partial charge >= 0.3 is 0 Å². The Morgan fingerprint density at radius 3 is 2.48 bits per heavy atom. The van der Waals surface area contributed by atoms with Gasteiger partial charge in [-0.1, -0.05) is 23.2 Å². The summed E-state index contributed by atoms with van der Waals surface area (Å²) in [6, 6.07) is 7.06. The van der Waals surface area contributed by atoms with Gasteiger partial charge in [0.2, 0.25) is 0 Å². The van der Waals surface area contributed by atoms with Gasteiger partial charge in [0.05, 0.1) is 12.4 Å². The first-order valence-corrected chi connectivity index (χ1v) is 6.84. The molecule has 2 rings (SSSR count). The van der Waals surface area contributed by atoms with Crippen molar-refractivity contribution in [2.45, 2.75) is 0 Å². The maximum atomic E-state index is 5.79. The van der Waals surface area contributed by atoms with Crippen LogP contribution in [-0.2, 0) is 0 Å². The number of thiocarbonyl (C=S) groups is 1. The van der Waals surface area contributed by atoms with Crippen molar-refractivity contribution < 1.29 is 0 Å². The number of hydrazone groups is 1. The van der Waals surface area contributed by atoms with Crippen LogP contribution in [0.4, 0.5) is 5.69 Å². The average Bonchev–Trinajstić information content (AvgIpc) is 2.48. The summed E-state index contributed by atoms with van der Waals surface area (Å²) in [5.41, 5.74) is 9.52. The molecule has 1 aromatic heterocycles. The van der Waals surface area contributed by atoms with Crippen molar-refractivity contribution in [3.8, 4) is 0 Å². The fourth-order valence-electron chi connectivity index (χ4n) is 1.31. The first kappa shape index (κ1) is 15.4. The highest BCUT2D eigenvalue weighted by Gasteiger charge is 2.02. The number of nitrogens with zero attached hydrogens (tertiary/aromatic N) is 3. The number of anilines is 1. The van der Waals surface area contributed by atoms with Crippen LogP contribution in [0.3, 0.4) is 0 Å². The highest BCUT2D eigenvalue weighted by Crippen LogP contribution is 2.13. The number of halogens is 2. The largest absolute Gasteiger partial charge is 0.380 e. The molecule has 2 aromatic rings. The number of rotatable bonds is 3. The van der Waals surface area contributed by atoms with Crippen molar-refractivity contribution in [2.24, 2.45) is 10.8 Å². The predicted octanol–water partition coefficient (Wildman–Crippen LogP) is 2.39. The Kier molecular flexibility index (Phi) is 5.26. The fraction of sp³-hybridized carbons (Fsp3) is 0. The molecule has 0 bridgehead atoms. The van der Waals surface area contributed by atoms with Crippen LogP contribution >= 0.6 is 35.4 Å². The summed E-state index contributed by atoms with van der Waals surface area (Å²) >= 11 is 16.5. The third kappa shape index (κ3) is 4.82. The van der Waals surface area contributed by atoms with E-state index in [4.69, 9.17) is 41.2 Å². The summed E-state index contributed by atoms with van der Waals surface area (Å²) in [5.74, 6) is 0.138. The van der Waals surface area contributed by atoms with Gasteiger partial charge in [-0.3, -0.25) is 5.43 Å². The molecule has 0 aliphatic heterocycles. The fourth-order valence-corrected chi connectivity index (χ4v) is 1.69. The molecule has 1 heterocycles. The molecular formula is C12H10Cl2N6S. The Bertz CT molecular complexity index is 656. The Balaban J connectivity index is 1.94. The standard InChI is InChI=1S/C12H10Cl2N6S/c13-7-1-3-8(4-2-7)18-12(21)20-19-11(15)9-5-17-10(14)6-16-9/h1-6H,(H2,15,19)(H2,18,20,21). The van der Waals surface area contributed by atoms with Gasteiger partial charge in [-0.05, 0) is 36.5 Å². The normalized spacial score (nSPS) is 11.0. The quantitative estimate of drug-likeness (QED) is 0.344. The lowest BCUT2D eigenvalue weighted by Gasteiger charge is -2.07. The first-order chi connectivity index (χ1) is 10.0. The zero-order chi connectivity index (χ0) is 15.2. The molecule has 0 unspecified atom stereocenters. The molecule has 108 valence electrons. The van der Waals surface area contributed by atoms with E-state index in [-0.39, 0.29) is 16.1 Å². The number of hydrogen-bond acceptors (Lipinski definition) is 4. The topological polar surface area (TPSA) is 88.2 Å². The van der Waals surface area contributed by atoms with Gasteiger partial charge in [-0.15, -0.1) is 0 Å². The molecule has 0 aliphatic rings. The van der Waals surface area contributed by atoms with E-state index >= 15 is 0 Å². The van der Waals surface area contributed by atoms with Crippen LogP contribution in [0.15, 0.2) is 41.8 Å². The molecule has 1 aromatic carbocycles. The summed E-state index contributed by atoms with van der Waals surface area (Å²) in [5, 5.41) is 8.03. The van der Waals surface area contributed by atoms with Crippen LogP contribution < -0.4 is 16.5 Å². The molecule has 0 amide bonds. The van der Waals surface area contributed by atoms with Gasteiger partial charge < -0.3 is 11.1 Å². The zero-order valence-corrected chi connectivity index (χ0v) is 12.9. The first-order valence-electron chi connectivity index (χ1n) is 5.68. The number of hydrogen-bond donors (Lipinski definition) is 3. The summed E-state index contributed by atoms with van der Waals surface area (Å²) in [7, 11) is 0. The molecule has 0 saturated carbocycles. The molecule has 0 spiro atoms. The van der Waals surface area contributed by atoms with E-state index in [0.29, 0.717) is 10.7 Å². The molecule has 0 fully saturated rings. The van der Waals surface area contributed by atoms with Crippen LogP contribution in [0.2, 0.25) is 10.2 Å². The van der Waals surface area contributed by atoms with Crippen LogP contribution in [0.1, 0.15) is 5.69 Å². The van der Waals surface area contributed by atoms with Crippen LogP contribution in [0.25, 0.3) is 0 Å². The minimum atomic E-state index is 0.138. The number of aromatic nitrogens is 2. The SMILES string of the molecule is N/C(=N\NC(=S)Nc1ccc(Cl)cc1)c1cnc(Cl)cn1. The monoisotopic (exact) mass is 340 g/mol. The summed E-state index contributed by atoms with van der Waals surface area (Å²) < 4.78 is 0. The van der Waals surface area contributed by atoms with E-state index < -0.39 is 0 Å². The Morgan fingerprint density at radius 1 is 1.14 bits per heavy atom. The van der Waals surface area contributed by atoms with Gasteiger partial charge in [0.1, 0.15) is 10.8 Å². The van der Waals surface area contributed by atoms with E-state index in [2.05, 4.69) is 25.8 Å². The van der Waals surface area contributed by atoms with Gasteiger partial charge in [0.15, 0.2) is 10.9 Å². The third-order valence-corrected chi connectivity index (χ3v) is 2.90. The van der Waals surface area contributed by atoms with Crippen molar-refractivity contribution in [3.63, 3.8) is 0 Å². The Labute approximate surface area is 136 Å². The lowest BCUT2D eigenvalue weighted by Crippen LogP contribution is -2.28. The second kappa shape index (κ2) is 7.16. The van der Waals surface area contributed by atoms with Crippen molar-refractivity contribution in [2.75, 3.05) is 5.32 Å². The molecule has 4 N–H and O–H groups in total. The maximum Gasteiger partial charge on any atom is 0.191 e. The van der Waals surface area contributed by atoms with E-state index in [0.717, 1.165) is 5.69 Å².